The lowest BCUT2D eigenvalue weighted by Crippen LogP contribution is -2.07. The van der Waals surface area contributed by atoms with Gasteiger partial charge >= 0.3 is 0 Å². The van der Waals surface area contributed by atoms with E-state index in [4.69, 9.17) is 16.3 Å². The zero-order valence-electron chi connectivity index (χ0n) is 20.6. The second-order valence-corrected chi connectivity index (χ2v) is 7.83. The molecule has 184 valence electrons. The number of benzene rings is 2. The lowest BCUT2D eigenvalue weighted by Gasteiger charge is -2.05. The van der Waals surface area contributed by atoms with E-state index in [1.54, 1.807) is 58.9 Å². The largest absolute Gasteiger partial charge is 0.399 e. The van der Waals surface area contributed by atoms with Crippen LogP contribution in [-0.2, 0) is 9.59 Å². The van der Waals surface area contributed by atoms with Crippen molar-refractivity contribution in [3.05, 3.63) is 47.5 Å². The molecule has 0 aliphatic carbocycles. The summed E-state index contributed by atoms with van der Waals surface area (Å²) in [5.41, 5.74) is 8.84. The Hall–Kier alpha value is -4.41. The van der Waals surface area contributed by atoms with E-state index in [1.807, 2.05) is 40.3 Å². The van der Waals surface area contributed by atoms with Gasteiger partial charge in [0.1, 0.15) is 12.1 Å². The number of hydrogen-bond acceptors (Lipinski definition) is 7. The first-order valence-electron chi connectivity index (χ1n) is 10.1. The van der Waals surface area contributed by atoms with Crippen molar-refractivity contribution in [2.75, 3.05) is 39.2 Å². The topological polar surface area (TPSA) is 151 Å². The fourth-order valence-corrected chi connectivity index (χ4v) is 2.13. The van der Waals surface area contributed by atoms with Crippen molar-refractivity contribution in [2.45, 2.75) is 13.8 Å². The van der Waals surface area contributed by atoms with E-state index >= 15 is 0 Å². The molecule has 1 amide bonds. The Bertz CT molecular complexity index is 1140. The maximum atomic E-state index is 10.9. The highest BCUT2D eigenvalue weighted by Crippen LogP contribution is 2.22. The number of carbonyl (C=O) groups excluding carboxylic acids is 2. The van der Waals surface area contributed by atoms with Crippen LogP contribution >= 0.6 is 11.6 Å². The van der Waals surface area contributed by atoms with E-state index in [0.29, 0.717) is 33.9 Å². The van der Waals surface area contributed by atoms with Gasteiger partial charge in [-0.3, -0.25) is 9.59 Å². The Labute approximate surface area is 210 Å². The van der Waals surface area contributed by atoms with Crippen molar-refractivity contribution in [1.82, 2.24) is 9.80 Å². The number of nitrogens with two attached hydrogens (primary N) is 1. The van der Waals surface area contributed by atoms with Crippen molar-refractivity contribution in [1.29, 1.82) is 10.5 Å². The molecule has 0 bridgehead atoms. The first-order chi connectivity index (χ1) is 16.4. The van der Waals surface area contributed by atoms with Crippen LogP contribution in [0.4, 0.5) is 22.7 Å². The number of nitrogens with one attached hydrogen (secondary N) is 1. The summed E-state index contributed by atoms with van der Waals surface area (Å²) in [6, 6.07) is 14.2. The molecular formula is C24H29ClN8O2. The Morgan fingerprint density at radius 1 is 0.914 bits per heavy atom. The highest BCUT2D eigenvalue weighted by Gasteiger charge is 2.03. The maximum absolute atomic E-state index is 10.9. The van der Waals surface area contributed by atoms with Crippen LogP contribution in [0.25, 0.3) is 0 Å². The van der Waals surface area contributed by atoms with Gasteiger partial charge in [-0.15, -0.1) is 0 Å². The van der Waals surface area contributed by atoms with E-state index in [2.05, 4.69) is 26.9 Å². The molecule has 10 nitrogen and oxygen atoms in total. The number of aliphatic imine (C=N–C) groups is 2. The molecule has 0 saturated carbocycles. The molecule has 0 heterocycles. The molecule has 0 fully saturated rings. The Morgan fingerprint density at radius 3 is 1.74 bits per heavy atom. The van der Waals surface area contributed by atoms with Gasteiger partial charge in [0.25, 0.3) is 0 Å². The molecule has 0 unspecified atom stereocenters. The Balaban J connectivity index is 0.000000581. The standard InChI is InChI=1S/C12H14N4O.C10H12N4.C2H3ClO/c1-9(17)15-11-4-5-12(10(6-11)7-13)14-8-16(2)3;1-14(2)7-13-10-4-3-9(12)5-8(10)6-11;1-2(3)4/h4-6,8H,1-3H3,(H,15,17);3-5,7H,12H2,1-2H3;1H3. The number of nitrogen functional groups attached to an aromatic ring is 1. The zero-order chi connectivity index (χ0) is 27.0. The molecule has 0 aliphatic rings. The summed E-state index contributed by atoms with van der Waals surface area (Å²) in [6.07, 6.45) is 3.26. The summed E-state index contributed by atoms with van der Waals surface area (Å²) in [4.78, 5) is 32.0. The number of rotatable bonds is 5. The summed E-state index contributed by atoms with van der Waals surface area (Å²) in [6.45, 7) is 2.71. The number of anilines is 2. The highest BCUT2D eigenvalue weighted by atomic mass is 35.5. The predicted molar refractivity (Wildman–Crippen MR) is 141 cm³/mol. The third kappa shape index (κ3) is 14.4. The van der Waals surface area contributed by atoms with Crippen molar-refractivity contribution in [3.63, 3.8) is 0 Å². The first-order valence-corrected chi connectivity index (χ1v) is 10.5. The fraction of sp³-hybridized carbons (Fsp3) is 0.250. The third-order valence-corrected chi connectivity index (χ3v) is 3.43. The van der Waals surface area contributed by atoms with Crippen LogP contribution in [0.1, 0.15) is 25.0 Å². The van der Waals surface area contributed by atoms with Gasteiger partial charge in [-0.1, -0.05) is 0 Å². The van der Waals surface area contributed by atoms with Gasteiger partial charge in [0.2, 0.25) is 11.1 Å². The molecule has 0 atom stereocenters. The molecule has 3 N–H and O–H groups in total. The Kier molecular flexibility index (Phi) is 14.2. The smallest absolute Gasteiger partial charge is 0.221 e. The summed E-state index contributed by atoms with van der Waals surface area (Å²) in [5, 5.41) is 20.1. The summed E-state index contributed by atoms with van der Waals surface area (Å²) >= 11 is 4.64. The minimum atomic E-state index is -0.361. The second-order valence-electron chi connectivity index (χ2n) is 7.30. The molecule has 2 rings (SSSR count). The summed E-state index contributed by atoms with van der Waals surface area (Å²) in [7, 11) is 7.43. The predicted octanol–water partition coefficient (Wildman–Crippen LogP) is 3.87. The van der Waals surface area contributed by atoms with Gasteiger partial charge in [0.05, 0.1) is 35.2 Å². The van der Waals surface area contributed by atoms with Crippen molar-refractivity contribution in [2.24, 2.45) is 9.98 Å². The van der Waals surface area contributed by atoms with Crippen molar-refractivity contribution in [3.8, 4) is 12.1 Å². The van der Waals surface area contributed by atoms with Crippen LogP contribution in [0.15, 0.2) is 46.4 Å². The molecule has 0 radical (unpaired) electrons. The maximum Gasteiger partial charge on any atom is 0.221 e. The van der Waals surface area contributed by atoms with Gasteiger partial charge in [-0.2, -0.15) is 10.5 Å². The van der Waals surface area contributed by atoms with Crippen LogP contribution in [0.2, 0.25) is 0 Å². The van der Waals surface area contributed by atoms with Crippen LogP contribution in [-0.4, -0.2) is 61.8 Å². The van der Waals surface area contributed by atoms with Gasteiger partial charge < -0.3 is 20.9 Å². The van der Waals surface area contributed by atoms with E-state index in [9.17, 15) is 9.59 Å². The fourth-order valence-electron chi connectivity index (χ4n) is 2.13. The van der Waals surface area contributed by atoms with Gasteiger partial charge in [0, 0.05) is 53.4 Å². The number of amides is 1. The van der Waals surface area contributed by atoms with E-state index in [-0.39, 0.29) is 11.1 Å². The molecular weight excluding hydrogens is 468 g/mol. The molecule has 0 spiro atoms. The summed E-state index contributed by atoms with van der Waals surface area (Å²) in [5.74, 6) is -0.168. The van der Waals surface area contributed by atoms with Gasteiger partial charge in [0.15, 0.2) is 0 Å². The molecule has 11 heteroatoms. The minimum absolute atomic E-state index is 0.168. The van der Waals surface area contributed by atoms with E-state index in [0.717, 1.165) is 0 Å². The molecule has 0 aliphatic heterocycles. The second kappa shape index (κ2) is 16.2. The van der Waals surface area contributed by atoms with E-state index in [1.165, 1.54) is 13.8 Å². The quantitative estimate of drug-likeness (QED) is 0.276. The van der Waals surface area contributed by atoms with Gasteiger partial charge in [-0.25, -0.2) is 9.98 Å². The third-order valence-electron chi connectivity index (χ3n) is 3.43. The average Bonchev–Trinajstić information content (AvgIpc) is 2.76. The summed E-state index contributed by atoms with van der Waals surface area (Å²) < 4.78 is 0. The van der Waals surface area contributed by atoms with Crippen LogP contribution in [0.3, 0.4) is 0 Å². The van der Waals surface area contributed by atoms with Crippen molar-refractivity contribution < 1.29 is 9.59 Å². The first kappa shape index (κ1) is 30.6. The van der Waals surface area contributed by atoms with Crippen LogP contribution in [0, 0.1) is 22.7 Å². The lowest BCUT2D eigenvalue weighted by molar-refractivity contribution is -0.114. The molecule has 2 aromatic rings. The van der Waals surface area contributed by atoms with E-state index < -0.39 is 0 Å². The molecule has 0 saturated heterocycles. The molecule has 35 heavy (non-hydrogen) atoms. The number of nitrogens with zero attached hydrogens (tertiary/aromatic N) is 6. The van der Waals surface area contributed by atoms with Crippen molar-refractivity contribution >= 4 is 58.2 Å². The van der Waals surface area contributed by atoms with Crippen LogP contribution in [0.5, 0.6) is 0 Å². The average molecular weight is 497 g/mol. The minimum Gasteiger partial charge on any atom is -0.399 e. The SMILES string of the molecule is CC(=O)Cl.CC(=O)Nc1ccc(N=CN(C)C)c(C#N)c1.CN(C)C=Nc1ccc(N)cc1C#N. The number of nitriles is 2. The Morgan fingerprint density at radius 2 is 1.34 bits per heavy atom. The number of hydrogen-bond donors (Lipinski definition) is 2. The monoisotopic (exact) mass is 496 g/mol. The van der Waals surface area contributed by atoms with Crippen LogP contribution < -0.4 is 11.1 Å². The highest BCUT2D eigenvalue weighted by molar-refractivity contribution is 6.62. The molecule has 2 aromatic carbocycles. The van der Waals surface area contributed by atoms with Gasteiger partial charge in [-0.05, 0) is 48.0 Å². The normalized spacial score (nSPS) is 9.63. The zero-order valence-corrected chi connectivity index (χ0v) is 21.3. The molecule has 0 aromatic heterocycles. The number of halogens is 1. The lowest BCUT2D eigenvalue weighted by atomic mass is 10.2. The number of carbonyl (C=O) groups is 2.